The number of hydrogen-bond donors (Lipinski definition) is 0. The van der Waals surface area contributed by atoms with E-state index in [9.17, 15) is 0 Å². The van der Waals surface area contributed by atoms with Gasteiger partial charge in [-0.25, -0.2) is 9.67 Å². The van der Waals surface area contributed by atoms with Crippen LogP contribution in [0.25, 0.3) is 33.8 Å². The number of hydrogen-bond acceptors (Lipinski definition) is 5. The molecule has 0 radical (unpaired) electrons. The van der Waals surface area contributed by atoms with Gasteiger partial charge < -0.3 is 0 Å². The molecule has 4 heterocycles. The fourth-order valence-electron chi connectivity index (χ4n) is 2.81. The molecule has 0 bridgehead atoms. The molecule has 8 heteroatoms. The van der Waals surface area contributed by atoms with Crippen molar-refractivity contribution >= 4 is 28.3 Å². The molecule has 0 spiro atoms. The third kappa shape index (κ3) is 2.17. The van der Waals surface area contributed by atoms with Crippen molar-refractivity contribution in [3.05, 3.63) is 66.3 Å². The van der Waals surface area contributed by atoms with Gasteiger partial charge in [0.2, 0.25) is 0 Å². The average molecular weight is 348 g/mol. The molecule has 0 amide bonds. The van der Waals surface area contributed by atoms with Crippen molar-refractivity contribution in [1.82, 2.24) is 34.3 Å². The van der Waals surface area contributed by atoms with Crippen LogP contribution >= 0.6 is 11.6 Å². The Hall–Kier alpha value is -3.32. The van der Waals surface area contributed by atoms with Crippen LogP contribution in [0, 0.1) is 0 Å². The van der Waals surface area contributed by atoms with Crippen LogP contribution in [0.15, 0.2) is 61.3 Å². The molecule has 0 atom stereocenters. The van der Waals surface area contributed by atoms with E-state index < -0.39 is 0 Å². The second-order valence-electron chi connectivity index (χ2n) is 5.48. The van der Waals surface area contributed by atoms with Crippen molar-refractivity contribution in [2.45, 2.75) is 0 Å². The van der Waals surface area contributed by atoms with Gasteiger partial charge in [-0.05, 0) is 30.3 Å². The van der Waals surface area contributed by atoms with E-state index in [4.69, 9.17) is 11.6 Å². The molecule has 0 aliphatic heterocycles. The van der Waals surface area contributed by atoms with Gasteiger partial charge in [-0.1, -0.05) is 17.7 Å². The molecule has 0 aliphatic carbocycles. The SMILES string of the molecule is Clc1cccc(-n2ncc3c2ncn2c(-c4cccnc4)nnc32)c1. The molecule has 120 valence electrons. The van der Waals surface area contributed by atoms with E-state index in [1.165, 1.54) is 0 Å². The summed E-state index contributed by atoms with van der Waals surface area (Å²) in [7, 11) is 0. The molecular weight excluding hydrogens is 338 g/mol. The van der Waals surface area contributed by atoms with Gasteiger partial charge in [-0.15, -0.1) is 10.2 Å². The minimum atomic E-state index is 0.642. The molecule has 0 N–H and O–H groups in total. The second kappa shape index (κ2) is 5.35. The Morgan fingerprint density at radius 2 is 1.92 bits per heavy atom. The number of fused-ring (bicyclic) bond motifs is 3. The summed E-state index contributed by atoms with van der Waals surface area (Å²) in [6.07, 6.45) is 6.90. The number of halogens is 1. The number of rotatable bonds is 2. The van der Waals surface area contributed by atoms with Gasteiger partial charge in [0.05, 0.1) is 17.3 Å². The van der Waals surface area contributed by atoms with Crippen LogP contribution in [0.2, 0.25) is 5.02 Å². The first kappa shape index (κ1) is 14.1. The molecule has 0 unspecified atom stereocenters. The predicted octanol–water partition coefficient (Wildman–Crippen LogP) is 3.18. The summed E-state index contributed by atoms with van der Waals surface area (Å²) in [6.45, 7) is 0. The lowest BCUT2D eigenvalue weighted by molar-refractivity contribution is 0.893. The van der Waals surface area contributed by atoms with Crippen molar-refractivity contribution < 1.29 is 0 Å². The maximum atomic E-state index is 6.09. The van der Waals surface area contributed by atoms with E-state index in [0.717, 1.165) is 16.6 Å². The molecule has 1 aromatic carbocycles. The monoisotopic (exact) mass is 347 g/mol. The van der Waals surface area contributed by atoms with Crippen LogP contribution in [0.4, 0.5) is 0 Å². The molecule has 25 heavy (non-hydrogen) atoms. The van der Waals surface area contributed by atoms with Crippen molar-refractivity contribution in [2.75, 3.05) is 0 Å². The smallest absolute Gasteiger partial charge is 0.175 e. The summed E-state index contributed by atoms with van der Waals surface area (Å²) in [5.41, 5.74) is 3.10. The highest BCUT2D eigenvalue weighted by molar-refractivity contribution is 6.30. The van der Waals surface area contributed by atoms with Crippen molar-refractivity contribution in [1.29, 1.82) is 0 Å². The lowest BCUT2D eigenvalue weighted by Gasteiger charge is -2.04. The molecule has 0 saturated carbocycles. The maximum Gasteiger partial charge on any atom is 0.175 e. The highest BCUT2D eigenvalue weighted by Crippen LogP contribution is 2.24. The van der Waals surface area contributed by atoms with Crippen LogP contribution in [-0.2, 0) is 0 Å². The molecule has 0 aliphatic rings. The molecule has 7 nitrogen and oxygen atoms in total. The van der Waals surface area contributed by atoms with E-state index in [1.807, 2.05) is 40.8 Å². The van der Waals surface area contributed by atoms with Crippen LogP contribution in [0.3, 0.4) is 0 Å². The Morgan fingerprint density at radius 1 is 0.960 bits per heavy atom. The quantitative estimate of drug-likeness (QED) is 0.490. The Kier molecular flexibility index (Phi) is 3.01. The van der Waals surface area contributed by atoms with Gasteiger partial charge >= 0.3 is 0 Å². The Morgan fingerprint density at radius 3 is 2.76 bits per heavy atom. The third-order valence-electron chi connectivity index (χ3n) is 3.95. The first-order valence-electron chi connectivity index (χ1n) is 7.55. The van der Waals surface area contributed by atoms with Gasteiger partial charge in [-0.2, -0.15) is 5.10 Å². The summed E-state index contributed by atoms with van der Waals surface area (Å²) >= 11 is 6.09. The minimum absolute atomic E-state index is 0.642. The Labute approximate surface area is 146 Å². The van der Waals surface area contributed by atoms with E-state index in [1.54, 1.807) is 29.6 Å². The third-order valence-corrected chi connectivity index (χ3v) is 4.18. The summed E-state index contributed by atoms with van der Waals surface area (Å²) < 4.78 is 3.57. The van der Waals surface area contributed by atoms with Crippen molar-refractivity contribution in [3.63, 3.8) is 0 Å². The lowest BCUT2D eigenvalue weighted by atomic mass is 10.3. The molecule has 0 saturated heterocycles. The average Bonchev–Trinajstić information content (AvgIpc) is 3.26. The second-order valence-corrected chi connectivity index (χ2v) is 5.91. The zero-order chi connectivity index (χ0) is 16.8. The van der Waals surface area contributed by atoms with Gasteiger partial charge in [0.25, 0.3) is 0 Å². The first-order valence-corrected chi connectivity index (χ1v) is 7.93. The summed E-state index contributed by atoms with van der Waals surface area (Å²) in [4.78, 5) is 8.69. The Balaban J connectivity index is 1.74. The summed E-state index contributed by atoms with van der Waals surface area (Å²) in [5, 5.41) is 14.5. The topological polar surface area (TPSA) is 73.8 Å². The highest BCUT2D eigenvalue weighted by Gasteiger charge is 2.15. The molecular formula is C17H10ClN7. The number of aromatic nitrogens is 7. The molecule has 4 aromatic heterocycles. The summed E-state index contributed by atoms with van der Waals surface area (Å²) in [5.74, 6) is 0.688. The van der Waals surface area contributed by atoms with Crippen LogP contribution in [-0.4, -0.2) is 34.3 Å². The fourth-order valence-corrected chi connectivity index (χ4v) is 2.99. The zero-order valence-electron chi connectivity index (χ0n) is 12.8. The first-order chi connectivity index (χ1) is 12.3. The Bertz CT molecular complexity index is 1210. The number of pyridine rings is 1. The van der Waals surface area contributed by atoms with Gasteiger partial charge in [0, 0.05) is 23.0 Å². The van der Waals surface area contributed by atoms with Gasteiger partial charge in [0.15, 0.2) is 17.1 Å². The maximum absolute atomic E-state index is 6.09. The van der Waals surface area contributed by atoms with Crippen molar-refractivity contribution in [3.8, 4) is 17.1 Å². The van der Waals surface area contributed by atoms with Gasteiger partial charge in [0.1, 0.15) is 6.33 Å². The van der Waals surface area contributed by atoms with Crippen LogP contribution in [0.5, 0.6) is 0 Å². The standard InChI is InChI=1S/C17H10ClN7/c18-12-4-1-5-13(7-12)25-16-14(9-21-25)17-23-22-15(24(17)10-20-16)11-3-2-6-19-8-11/h1-10H. The van der Waals surface area contributed by atoms with Crippen molar-refractivity contribution in [2.24, 2.45) is 0 Å². The predicted molar refractivity (Wildman–Crippen MR) is 93.7 cm³/mol. The van der Waals surface area contributed by atoms with Crippen LogP contribution < -0.4 is 0 Å². The van der Waals surface area contributed by atoms with E-state index >= 15 is 0 Å². The lowest BCUT2D eigenvalue weighted by Crippen LogP contribution is -1.99. The minimum Gasteiger partial charge on any atom is -0.264 e. The summed E-state index contributed by atoms with van der Waals surface area (Å²) in [6, 6.07) is 11.3. The van der Waals surface area contributed by atoms with Gasteiger partial charge in [-0.3, -0.25) is 9.38 Å². The highest BCUT2D eigenvalue weighted by atomic mass is 35.5. The normalized spacial score (nSPS) is 11.4. The fraction of sp³-hybridized carbons (Fsp3) is 0. The van der Waals surface area contributed by atoms with E-state index in [0.29, 0.717) is 22.1 Å². The largest absolute Gasteiger partial charge is 0.264 e. The molecule has 5 aromatic rings. The van der Waals surface area contributed by atoms with Crippen LogP contribution in [0.1, 0.15) is 0 Å². The van der Waals surface area contributed by atoms with E-state index in [-0.39, 0.29) is 0 Å². The van der Waals surface area contributed by atoms with E-state index in [2.05, 4.69) is 25.3 Å². The zero-order valence-corrected chi connectivity index (χ0v) is 13.5. The number of benzene rings is 1. The number of nitrogens with zero attached hydrogens (tertiary/aromatic N) is 7. The molecule has 0 fully saturated rings. The molecule has 5 rings (SSSR count).